The summed E-state index contributed by atoms with van der Waals surface area (Å²) in [5.41, 5.74) is 0. The lowest BCUT2D eigenvalue weighted by Crippen LogP contribution is -3.00. The second kappa shape index (κ2) is 12.9. The van der Waals surface area contributed by atoms with Gasteiger partial charge in [0.2, 0.25) is 0 Å². The fourth-order valence-corrected chi connectivity index (χ4v) is 7.38. The van der Waals surface area contributed by atoms with Gasteiger partial charge in [-0.1, -0.05) is 73.4 Å². The van der Waals surface area contributed by atoms with Gasteiger partial charge < -0.3 is 17.0 Å². The van der Waals surface area contributed by atoms with Crippen LogP contribution in [0.25, 0.3) is 0 Å². The molecule has 0 nitrogen and oxygen atoms in total. The van der Waals surface area contributed by atoms with E-state index >= 15 is 0 Å². The molecule has 0 saturated carbocycles. The van der Waals surface area contributed by atoms with Gasteiger partial charge in [-0.25, -0.2) is 0 Å². The Balaban J connectivity index is 0.00000320. The van der Waals surface area contributed by atoms with E-state index in [0.29, 0.717) is 0 Å². The minimum atomic E-state index is -1.81. The molecule has 3 rings (SSSR count). The zero-order valence-electron chi connectivity index (χ0n) is 17.3. The molecule has 30 heavy (non-hydrogen) atoms. The number of hydrogen-bond donors (Lipinski definition) is 0. The van der Waals surface area contributed by atoms with Crippen molar-refractivity contribution in [1.29, 1.82) is 0 Å². The van der Waals surface area contributed by atoms with Gasteiger partial charge in [0.15, 0.2) is 0 Å². The topological polar surface area (TPSA) is 0 Å². The molecule has 0 N–H and O–H groups in total. The van der Waals surface area contributed by atoms with E-state index < -0.39 is 7.26 Å². The molecular formula is C28H26BrP. The van der Waals surface area contributed by atoms with Crippen LogP contribution in [0.5, 0.6) is 0 Å². The lowest BCUT2D eigenvalue weighted by molar-refractivity contribution is -0.00000566. The maximum Gasteiger partial charge on any atom is 0.116 e. The Morgan fingerprint density at radius 2 is 1.17 bits per heavy atom. The molecule has 0 aliphatic rings. The van der Waals surface area contributed by atoms with Gasteiger partial charge in [-0.2, -0.15) is 0 Å². The summed E-state index contributed by atoms with van der Waals surface area (Å²) in [6, 6.07) is 32.7. The first-order chi connectivity index (χ1) is 14.4. The molecule has 0 aromatic heterocycles. The Kier molecular flexibility index (Phi) is 10.2. The van der Waals surface area contributed by atoms with Gasteiger partial charge in [0.05, 0.1) is 6.16 Å². The Labute approximate surface area is 192 Å². The van der Waals surface area contributed by atoms with Crippen LogP contribution < -0.4 is 32.9 Å². The van der Waals surface area contributed by atoms with Crippen LogP contribution in [0.3, 0.4) is 0 Å². The molecule has 0 aliphatic carbocycles. The van der Waals surface area contributed by atoms with Gasteiger partial charge in [0.25, 0.3) is 0 Å². The molecule has 0 fully saturated rings. The van der Waals surface area contributed by atoms with Gasteiger partial charge >= 0.3 is 0 Å². The number of unbranched alkanes of at least 4 members (excludes halogenated alkanes) is 1. The minimum absolute atomic E-state index is 0. The van der Waals surface area contributed by atoms with E-state index in [1.54, 1.807) is 0 Å². The van der Waals surface area contributed by atoms with Crippen molar-refractivity contribution in [2.24, 2.45) is 0 Å². The standard InChI is InChI=1S/C28H26P.BrH/c1-2-3-4-5-6-7-8-18-25-29(26-19-12-9-13-20-26,27-21-14-10-15-22-27)28-23-16-11-17-24-28;/h8-24H,2-3,25H2,1H3;1H/q+1;/p-1/b18-8+;. The minimum Gasteiger partial charge on any atom is -1.00 e. The summed E-state index contributed by atoms with van der Waals surface area (Å²) in [5.74, 6) is 12.0. The van der Waals surface area contributed by atoms with Crippen LogP contribution >= 0.6 is 7.26 Å². The van der Waals surface area contributed by atoms with Gasteiger partial charge in [-0.15, -0.1) is 0 Å². The summed E-state index contributed by atoms with van der Waals surface area (Å²) in [4.78, 5) is 0. The van der Waals surface area contributed by atoms with Crippen LogP contribution in [0, 0.1) is 23.7 Å². The summed E-state index contributed by atoms with van der Waals surface area (Å²) in [6.07, 6.45) is 7.09. The smallest absolute Gasteiger partial charge is 0.116 e. The fourth-order valence-electron chi connectivity index (χ4n) is 3.39. The van der Waals surface area contributed by atoms with Crippen molar-refractivity contribution in [3.8, 4) is 23.7 Å². The lowest BCUT2D eigenvalue weighted by atomic mass is 10.3. The first-order valence-electron chi connectivity index (χ1n) is 10.1. The molecule has 0 amide bonds. The van der Waals surface area contributed by atoms with E-state index in [1.807, 2.05) is 6.08 Å². The van der Waals surface area contributed by atoms with Crippen molar-refractivity contribution < 1.29 is 17.0 Å². The average molecular weight is 473 g/mol. The maximum absolute atomic E-state index is 3.08. The predicted molar refractivity (Wildman–Crippen MR) is 130 cm³/mol. The summed E-state index contributed by atoms with van der Waals surface area (Å²) in [7, 11) is -1.81. The van der Waals surface area contributed by atoms with Crippen LogP contribution in [-0.4, -0.2) is 6.16 Å². The van der Waals surface area contributed by atoms with Gasteiger partial charge in [0, 0.05) is 6.42 Å². The largest absolute Gasteiger partial charge is 1.00 e. The molecule has 3 aromatic rings. The second-order valence-corrected chi connectivity index (χ2v) is 10.3. The highest BCUT2D eigenvalue weighted by molar-refractivity contribution is 7.95. The number of hydrogen-bond acceptors (Lipinski definition) is 0. The zero-order chi connectivity index (χ0) is 20.2. The Morgan fingerprint density at radius 1 is 0.700 bits per heavy atom. The van der Waals surface area contributed by atoms with Crippen LogP contribution in [0.1, 0.15) is 19.8 Å². The Hall–Kier alpha value is -2.57. The van der Waals surface area contributed by atoms with Crippen molar-refractivity contribution in [1.82, 2.24) is 0 Å². The monoisotopic (exact) mass is 472 g/mol. The number of benzene rings is 3. The third kappa shape index (κ3) is 5.97. The quantitative estimate of drug-likeness (QED) is 0.381. The molecule has 0 bridgehead atoms. The number of rotatable bonds is 6. The van der Waals surface area contributed by atoms with Crippen LogP contribution in [-0.2, 0) is 0 Å². The van der Waals surface area contributed by atoms with E-state index in [1.165, 1.54) is 15.9 Å². The normalized spacial score (nSPS) is 10.3. The Morgan fingerprint density at radius 3 is 1.60 bits per heavy atom. The lowest BCUT2D eigenvalue weighted by Gasteiger charge is -2.26. The summed E-state index contributed by atoms with van der Waals surface area (Å²) >= 11 is 0. The summed E-state index contributed by atoms with van der Waals surface area (Å²) in [5, 5.41) is 4.16. The first-order valence-corrected chi connectivity index (χ1v) is 12.0. The Bertz CT molecular complexity index is 936. The highest BCUT2D eigenvalue weighted by Gasteiger charge is 2.43. The van der Waals surface area contributed by atoms with Gasteiger partial charge in [-0.05, 0) is 66.8 Å². The predicted octanol–water partition coefficient (Wildman–Crippen LogP) is 2.35. The molecule has 0 spiro atoms. The average Bonchev–Trinajstić information content (AvgIpc) is 2.80. The van der Waals surface area contributed by atoms with E-state index in [4.69, 9.17) is 0 Å². The van der Waals surface area contributed by atoms with Gasteiger partial charge in [-0.3, -0.25) is 0 Å². The molecule has 2 heteroatoms. The van der Waals surface area contributed by atoms with Crippen molar-refractivity contribution in [3.05, 3.63) is 103 Å². The highest BCUT2D eigenvalue weighted by Crippen LogP contribution is 2.55. The number of allylic oxidation sites excluding steroid dienone is 2. The maximum atomic E-state index is 3.08. The van der Waals surface area contributed by atoms with Crippen LogP contribution in [0.4, 0.5) is 0 Å². The van der Waals surface area contributed by atoms with E-state index in [9.17, 15) is 0 Å². The fraction of sp³-hybridized carbons (Fsp3) is 0.143. The third-order valence-corrected chi connectivity index (χ3v) is 9.07. The molecule has 0 heterocycles. The zero-order valence-corrected chi connectivity index (χ0v) is 19.7. The van der Waals surface area contributed by atoms with Crippen molar-refractivity contribution in [2.45, 2.75) is 19.8 Å². The molecule has 0 unspecified atom stereocenters. The SMILES string of the molecule is CCCC#CC#C/C=C/C[P+](c1ccccc1)(c1ccccc1)c1ccccc1.[Br-]. The third-order valence-electron chi connectivity index (χ3n) is 4.77. The molecule has 3 aromatic carbocycles. The highest BCUT2D eigenvalue weighted by atomic mass is 79.9. The molecule has 0 radical (unpaired) electrons. The van der Waals surface area contributed by atoms with Crippen molar-refractivity contribution >= 4 is 23.2 Å². The molecule has 0 saturated heterocycles. The van der Waals surface area contributed by atoms with E-state index in [-0.39, 0.29) is 17.0 Å². The molecular weight excluding hydrogens is 447 g/mol. The molecule has 0 aliphatic heterocycles. The first kappa shape index (κ1) is 23.7. The van der Waals surface area contributed by atoms with Crippen LogP contribution in [0.2, 0.25) is 0 Å². The van der Waals surface area contributed by atoms with Crippen LogP contribution in [0.15, 0.2) is 103 Å². The summed E-state index contributed by atoms with van der Waals surface area (Å²) < 4.78 is 0. The van der Waals surface area contributed by atoms with E-state index in [2.05, 4.69) is 128 Å². The van der Waals surface area contributed by atoms with Crippen molar-refractivity contribution in [2.75, 3.05) is 6.16 Å². The second-order valence-electron chi connectivity index (χ2n) is 6.72. The number of halogens is 1. The van der Waals surface area contributed by atoms with Gasteiger partial charge in [0.1, 0.15) is 23.2 Å². The molecule has 0 atom stereocenters. The molecule has 150 valence electrons. The van der Waals surface area contributed by atoms with E-state index in [0.717, 1.165) is 19.0 Å². The summed E-state index contributed by atoms with van der Waals surface area (Å²) in [6.45, 7) is 2.13. The van der Waals surface area contributed by atoms with Crippen molar-refractivity contribution in [3.63, 3.8) is 0 Å².